The van der Waals surface area contributed by atoms with Gasteiger partial charge in [-0.15, -0.1) is 0 Å². The predicted molar refractivity (Wildman–Crippen MR) is 70.8 cm³/mol. The molecule has 1 aromatic carbocycles. The van der Waals surface area contributed by atoms with Crippen LogP contribution in [-0.2, 0) is 0 Å². The first kappa shape index (κ1) is 11.9. The van der Waals surface area contributed by atoms with Gasteiger partial charge in [0.05, 0.1) is 6.10 Å². The molecule has 1 atom stereocenters. The van der Waals surface area contributed by atoms with E-state index in [9.17, 15) is 5.11 Å². The van der Waals surface area contributed by atoms with Crippen LogP contribution in [0.25, 0.3) is 0 Å². The molecule has 0 bridgehead atoms. The zero-order chi connectivity index (χ0) is 11.8. The molecule has 3 heteroatoms. The molecule has 1 unspecified atom stereocenters. The Kier molecular flexibility index (Phi) is 3.27. The molecule has 1 aliphatic heterocycles. The van der Waals surface area contributed by atoms with Crippen LogP contribution in [0.3, 0.4) is 0 Å². The van der Waals surface area contributed by atoms with E-state index >= 15 is 0 Å². The van der Waals surface area contributed by atoms with Crippen molar-refractivity contribution in [2.45, 2.75) is 38.3 Å². The van der Waals surface area contributed by atoms with Crippen LogP contribution < -0.4 is 4.90 Å². The SMILES string of the molecule is CC1(C)CCC(O)CN1c1cccc(Br)c1. The van der Waals surface area contributed by atoms with Gasteiger partial charge >= 0.3 is 0 Å². The first-order chi connectivity index (χ1) is 7.49. The maximum atomic E-state index is 9.79. The number of piperidine rings is 1. The van der Waals surface area contributed by atoms with E-state index in [1.54, 1.807) is 0 Å². The van der Waals surface area contributed by atoms with E-state index < -0.39 is 0 Å². The Morgan fingerprint density at radius 2 is 2.19 bits per heavy atom. The van der Waals surface area contributed by atoms with Crippen LogP contribution in [0.5, 0.6) is 0 Å². The minimum absolute atomic E-state index is 0.125. The Morgan fingerprint density at radius 3 is 2.88 bits per heavy atom. The molecule has 1 heterocycles. The van der Waals surface area contributed by atoms with Gasteiger partial charge in [0.15, 0.2) is 0 Å². The number of halogens is 1. The second kappa shape index (κ2) is 4.38. The lowest BCUT2D eigenvalue weighted by Gasteiger charge is -2.46. The second-order valence-corrected chi connectivity index (χ2v) is 6.01. The van der Waals surface area contributed by atoms with Gasteiger partial charge in [-0.1, -0.05) is 22.0 Å². The summed E-state index contributed by atoms with van der Waals surface area (Å²) in [6, 6.07) is 8.28. The van der Waals surface area contributed by atoms with Crippen LogP contribution in [0.1, 0.15) is 26.7 Å². The number of aliphatic hydroxyl groups is 1. The molecule has 2 rings (SSSR count). The smallest absolute Gasteiger partial charge is 0.0716 e. The number of β-amino-alcohol motifs (C(OH)–C–C–N with tert-alkyl or cyclic N) is 1. The summed E-state index contributed by atoms with van der Waals surface area (Å²) in [5.41, 5.74) is 1.30. The highest BCUT2D eigenvalue weighted by Gasteiger charge is 2.33. The molecule has 0 spiro atoms. The van der Waals surface area contributed by atoms with Crippen LogP contribution in [-0.4, -0.2) is 23.3 Å². The summed E-state index contributed by atoms with van der Waals surface area (Å²) in [7, 11) is 0. The summed E-state index contributed by atoms with van der Waals surface area (Å²) >= 11 is 3.49. The molecule has 1 aromatic rings. The van der Waals surface area contributed by atoms with Gasteiger partial charge in [-0.05, 0) is 44.9 Å². The van der Waals surface area contributed by atoms with Gasteiger partial charge in [0.1, 0.15) is 0 Å². The number of nitrogens with zero attached hydrogens (tertiary/aromatic N) is 1. The fraction of sp³-hybridized carbons (Fsp3) is 0.538. The van der Waals surface area contributed by atoms with Gasteiger partial charge in [0.2, 0.25) is 0 Å². The molecule has 0 amide bonds. The molecule has 1 fully saturated rings. The van der Waals surface area contributed by atoms with Crippen LogP contribution in [0, 0.1) is 0 Å². The Hall–Kier alpha value is -0.540. The molecule has 88 valence electrons. The van der Waals surface area contributed by atoms with Gasteiger partial charge in [0.25, 0.3) is 0 Å². The Morgan fingerprint density at radius 1 is 1.44 bits per heavy atom. The molecular weight excluding hydrogens is 266 g/mol. The fourth-order valence-electron chi connectivity index (χ4n) is 2.30. The molecular formula is C13H18BrNO. The molecule has 0 aromatic heterocycles. The Bertz CT molecular complexity index is 378. The number of anilines is 1. The summed E-state index contributed by atoms with van der Waals surface area (Å²) in [5.74, 6) is 0. The summed E-state index contributed by atoms with van der Waals surface area (Å²) in [6.45, 7) is 5.20. The molecule has 1 N–H and O–H groups in total. The summed E-state index contributed by atoms with van der Waals surface area (Å²) in [4.78, 5) is 2.30. The van der Waals surface area contributed by atoms with E-state index in [1.807, 2.05) is 12.1 Å². The maximum absolute atomic E-state index is 9.79. The number of aliphatic hydroxyl groups excluding tert-OH is 1. The van der Waals surface area contributed by atoms with E-state index in [1.165, 1.54) is 5.69 Å². The maximum Gasteiger partial charge on any atom is 0.0716 e. The van der Waals surface area contributed by atoms with Crippen molar-refractivity contribution in [2.24, 2.45) is 0 Å². The quantitative estimate of drug-likeness (QED) is 0.856. The van der Waals surface area contributed by atoms with Crippen LogP contribution >= 0.6 is 15.9 Å². The molecule has 2 nitrogen and oxygen atoms in total. The lowest BCUT2D eigenvalue weighted by Crippen LogP contribution is -2.52. The van der Waals surface area contributed by atoms with E-state index in [4.69, 9.17) is 0 Å². The highest BCUT2D eigenvalue weighted by atomic mass is 79.9. The number of hydrogen-bond donors (Lipinski definition) is 1. The van der Waals surface area contributed by atoms with Crippen molar-refractivity contribution in [1.82, 2.24) is 0 Å². The van der Waals surface area contributed by atoms with Crippen molar-refractivity contribution in [3.05, 3.63) is 28.7 Å². The standard InChI is InChI=1S/C13H18BrNO/c1-13(2)7-6-12(16)9-15(13)11-5-3-4-10(14)8-11/h3-5,8,12,16H,6-7,9H2,1-2H3. The van der Waals surface area contributed by atoms with Crippen molar-refractivity contribution in [3.8, 4) is 0 Å². The second-order valence-electron chi connectivity index (χ2n) is 5.10. The zero-order valence-corrected chi connectivity index (χ0v) is 11.4. The van der Waals surface area contributed by atoms with E-state index in [-0.39, 0.29) is 11.6 Å². The molecule has 16 heavy (non-hydrogen) atoms. The van der Waals surface area contributed by atoms with Crippen molar-refractivity contribution in [3.63, 3.8) is 0 Å². The van der Waals surface area contributed by atoms with Gasteiger partial charge in [-0.25, -0.2) is 0 Å². The van der Waals surface area contributed by atoms with Crippen LogP contribution in [0.15, 0.2) is 28.7 Å². The highest BCUT2D eigenvalue weighted by Crippen LogP contribution is 2.33. The van der Waals surface area contributed by atoms with Gasteiger partial charge in [0, 0.05) is 22.2 Å². The van der Waals surface area contributed by atoms with Crippen LogP contribution in [0.4, 0.5) is 5.69 Å². The first-order valence-electron chi connectivity index (χ1n) is 5.70. The lowest BCUT2D eigenvalue weighted by atomic mass is 9.88. The average molecular weight is 284 g/mol. The number of benzene rings is 1. The lowest BCUT2D eigenvalue weighted by molar-refractivity contribution is 0.126. The number of hydrogen-bond acceptors (Lipinski definition) is 2. The third-order valence-corrected chi connectivity index (χ3v) is 3.83. The normalized spacial score (nSPS) is 24.5. The van der Waals surface area contributed by atoms with Gasteiger partial charge in [-0.3, -0.25) is 0 Å². The molecule has 0 aliphatic carbocycles. The topological polar surface area (TPSA) is 23.5 Å². The predicted octanol–water partition coefficient (Wildman–Crippen LogP) is 3.19. The van der Waals surface area contributed by atoms with E-state index in [2.05, 4.69) is 46.8 Å². The number of rotatable bonds is 1. The third kappa shape index (κ3) is 2.41. The zero-order valence-electron chi connectivity index (χ0n) is 9.78. The third-order valence-electron chi connectivity index (χ3n) is 3.33. The van der Waals surface area contributed by atoms with Crippen molar-refractivity contribution >= 4 is 21.6 Å². The molecule has 1 aliphatic rings. The Balaban J connectivity index is 2.30. The van der Waals surface area contributed by atoms with E-state index in [0.717, 1.165) is 23.9 Å². The minimum atomic E-state index is -0.202. The first-order valence-corrected chi connectivity index (χ1v) is 6.50. The van der Waals surface area contributed by atoms with Gasteiger partial charge < -0.3 is 10.0 Å². The minimum Gasteiger partial charge on any atom is -0.391 e. The molecule has 1 saturated heterocycles. The van der Waals surface area contributed by atoms with Gasteiger partial charge in [-0.2, -0.15) is 0 Å². The Labute approximate surface area is 105 Å². The van der Waals surface area contributed by atoms with Crippen molar-refractivity contribution < 1.29 is 5.11 Å². The summed E-state index contributed by atoms with van der Waals surface area (Å²) in [6.07, 6.45) is 1.73. The highest BCUT2D eigenvalue weighted by molar-refractivity contribution is 9.10. The summed E-state index contributed by atoms with van der Waals surface area (Å²) in [5, 5.41) is 9.79. The monoisotopic (exact) mass is 283 g/mol. The van der Waals surface area contributed by atoms with E-state index in [0.29, 0.717) is 0 Å². The average Bonchev–Trinajstić information content (AvgIpc) is 2.22. The summed E-state index contributed by atoms with van der Waals surface area (Å²) < 4.78 is 1.08. The largest absolute Gasteiger partial charge is 0.391 e. The fourth-order valence-corrected chi connectivity index (χ4v) is 2.69. The van der Waals surface area contributed by atoms with Crippen molar-refractivity contribution in [1.29, 1.82) is 0 Å². The molecule has 0 radical (unpaired) electrons. The van der Waals surface area contributed by atoms with Crippen molar-refractivity contribution in [2.75, 3.05) is 11.4 Å². The van der Waals surface area contributed by atoms with Crippen LogP contribution in [0.2, 0.25) is 0 Å². The molecule has 0 saturated carbocycles.